The molecular formula is C14H9IO2. The van der Waals surface area contributed by atoms with E-state index >= 15 is 0 Å². The number of hydrogen-bond donors (Lipinski definition) is 0. The molecule has 0 spiro atoms. The van der Waals surface area contributed by atoms with Crippen LogP contribution in [-0.2, 0) is 0 Å². The van der Waals surface area contributed by atoms with Gasteiger partial charge in [0.05, 0.1) is 0 Å². The second kappa shape index (κ2) is 5.23. The second-order valence-corrected chi connectivity index (χ2v) is 4.79. The molecule has 0 heterocycles. The zero-order valence-electron chi connectivity index (χ0n) is 8.89. The number of carbonyl (C=O) groups is 2. The zero-order chi connectivity index (χ0) is 12.3. The number of hydrogen-bond acceptors (Lipinski definition) is 2. The van der Waals surface area contributed by atoms with E-state index in [1.54, 1.807) is 36.4 Å². The highest BCUT2D eigenvalue weighted by atomic mass is 127. The molecule has 3 heteroatoms. The highest BCUT2D eigenvalue weighted by molar-refractivity contribution is 14.1. The first-order valence-corrected chi connectivity index (χ1v) is 6.14. The summed E-state index contributed by atoms with van der Waals surface area (Å²) in [7, 11) is 0. The molecule has 0 saturated heterocycles. The quantitative estimate of drug-likeness (QED) is 0.489. The monoisotopic (exact) mass is 336 g/mol. The number of aldehydes is 1. The maximum Gasteiger partial charge on any atom is 0.193 e. The third kappa shape index (κ3) is 2.61. The van der Waals surface area contributed by atoms with Gasteiger partial charge in [0.2, 0.25) is 0 Å². The van der Waals surface area contributed by atoms with Crippen molar-refractivity contribution in [2.24, 2.45) is 0 Å². The maximum atomic E-state index is 12.2. The molecule has 0 unspecified atom stereocenters. The fraction of sp³-hybridized carbons (Fsp3) is 0. The maximum absolute atomic E-state index is 12.2. The van der Waals surface area contributed by atoms with Crippen LogP contribution >= 0.6 is 22.6 Å². The lowest BCUT2D eigenvalue weighted by atomic mass is 9.99. The van der Waals surface area contributed by atoms with Crippen molar-refractivity contribution in [2.75, 3.05) is 0 Å². The van der Waals surface area contributed by atoms with Crippen LogP contribution in [0.2, 0.25) is 0 Å². The number of benzene rings is 2. The van der Waals surface area contributed by atoms with Crippen molar-refractivity contribution in [3.8, 4) is 0 Å². The van der Waals surface area contributed by atoms with Crippen LogP contribution in [-0.4, -0.2) is 12.1 Å². The van der Waals surface area contributed by atoms with Crippen LogP contribution < -0.4 is 0 Å². The molecule has 0 saturated carbocycles. The molecule has 17 heavy (non-hydrogen) atoms. The van der Waals surface area contributed by atoms with Crippen molar-refractivity contribution in [1.82, 2.24) is 0 Å². The molecule has 2 rings (SSSR count). The number of carbonyl (C=O) groups excluding carboxylic acids is 2. The van der Waals surface area contributed by atoms with E-state index in [1.807, 2.05) is 12.1 Å². The average molecular weight is 336 g/mol. The Morgan fingerprint density at radius 1 is 1.06 bits per heavy atom. The van der Waals surface area contributed by atoms with Crippen LogP contribution in [0.25, 0.3) is 0 Å². The third-order valence-corrected chi connectivity index (χ3v) is 3.09. The fourth-order valence-electron chi connectivity index (χ4n) is 1.58. The Kier molecular flexibility index (Phi) is 3.68. The predicted octanol–water partition coefficient (Wildman–Crippen LogP) is 3.33. The van der Waals surface area contributed by atoms with Gasteiger partial charge in [-0.2, -0.15) is 0 Å². The first-order valence-electron chi connectivity index (χ1n) is 5.07. The van der Waals surface area contributed by atoms with Gasteiger partial charge in [-0.3, -0.25) is 9.59 Å². The molecule has 0 aromatic heterocycles. The van der Waals surface area contributed by atoms with Crippen LogP contribution in [0.1, 0.15) is 26.3 Å². The number of rotatable bonds is 3. The Morgan fingerprint density at radius 2 is 1.76 bits per heavy atom. The van der Waals surface area contributed by atoms with Crippen molar-refractivity contribution < 1.29 is 9.59 Å². The molecule has 2 aromatic rings. The van der Waals surface area contributed by atoms with Gasteiger partial charge in [-0.15, -0.1) is 0 Å². The van der Waals surface area contributed by atoms with Crippen molar-refractivity contribution >= 4 is 34.7 Å². The minimum absolute atomic E-state index is 0.121. The van der Waals surface area contributed by atoms with E-state index in [0.717, 1.165) is 9.86 Å². The van der Waals surface area contributed by atoms with Crippen molar-refractivity contribution in [3.63, 3.8) is 0 Å². The fourth-order valence-corrected chi connectivity index (χ4v) is 2.10. The second-order valence-electron chi connectivity index (χ2n) is 3.54. The van der Waals surface area contributed by atoms with Gasteiger partial charge in [0.1, 0.15) is 0 Å². The van der Waals surface area contributed by atoms with E-state index in [0.29, 0.717) is 16.7 Å². The van der Waals surface area contributed by atoms with Crippen LogP contribution in [0.4, 0.5) is 0 Å². The van der Waals surface area contributed by atoms with Gasteiger partial charge in [0.25, 0.3) is 0 Å². The molecule has 0 aliphatic carbocycles. The van der Waals surface area contributed by atoms with Gasteiger partial charge in [-0.1, -0.05) is 30.3 Å². The Bertz CT molecular complexity index is 562. The molecule has 84 valence electrons. The lowest BCUT2D eigenvalue weighted by Crippen LogP contribution is -2.05. The Morgan fingerprint density at radius 3 is 2.41 bits per heavy atom. The first kappa shape index (κ1) is 12.0. The van der Waals surface area contributed by atoms with Gasteiger partial charge >= 0.3 is 0 Å². The summed E-state index contributed by atoms with van der Waals surface area (Å²) in [6, 6.07) is 14.2. The van der Waals surface area contributed by atoms with Crippen molar-refractivity contribution in [3.05, 3.63) is 68.8 Å². The highest BCUT2D eigenvalue weighted by Crippen LogP contribution is 2.16. The first-order chi connectivity index (χ1) is 8.22. The molecule has 0 N–H and O–H groups in total. The third-order valence-electron chi connectivity index (χ3n) is 2.42. The largest absolute Gasteiger partial charge is 0.298 e. The van der Waals surface area contributed by atoms with Crippen LogP contribution in [0, 0.1) is 3.57 Å². The lowest BCUT2D eigenvalue weighted by molar-refractivity contribution is 0.102. The van der Waals surface area contributed by atoms with E-state index in [1.165, 1.54) is 0 Å². The van der Waals surface area contributed by atoms with Crippen molar-refractivity contribution in [2.45, 2.75) is 0 Å². The SMILES string of the molecule is O=Cc1cc(I)ccc1C(=O)c1ccccc1. The van der Waals surface area contributed by atoms with Crippen molar-refractivity contribution in [1.29, 1.82) is 0 Å². The standard InChI is InChI=1S/C14H9IO2/c15-12-6-7-13(11(8-12)9-16)14(17)10-4-2-1-3-5-10/h1-9H. The zero-order valence-corrected chi connectivity index (χ0v) is 11.0. The van der Waals surface area contributed by atoms with Crippen LogP contribution in [0.3, 0.4) is 0 Å². The predicted molar refractivity (Wildman–Crippen MR) is 74.4 cm³/mol. The van der Waals surface area contributed by atoms with Gasteiger partial charge in [-0.25, -0.2) is 0 Å². The molecule has 2 aromatic carbocycles. The summed E-state index contributed by atoms with van der Waals surface area (Å²) >= 11 is 2.11. The average Bonchev–Trinajstić information content (AvgIpc) is 2.39. The van der Waals surface area contributed by atoms with Crippen LogP contribution in [0.5, 0.6) is 0 Å². The topological polar surface area (TPSA) is 34.1 Å². The summed E-state index contributed by atoms with van der Waals surface area (Å²) in [5.74, 6) is -0.121. The molecule has 0 bridgehead atoms. The summed E-state index contributed by atoms with van der Waals surface area (Å²) in [5.41, 5.74) is 1.48. The molecular weight excluding hydrogens is 327 g/mol. The smallest absolute Gasteiger partial charge is 0.193 e. The summed E-state index contributed by atoms with van der Waals surface area (Å²) < 4.78 is 0.939. The van der Waals surface area contributed by atoms with Gasteiger partial charge in [0, 0.05) is 20.3 Å². The summed E-state index contributed by atoms with van der Waals surface area (Å²) in [4.78, 5) is 23.1. The number of ketones is 1. The van der Waals surface area contributed by atoms with Gasteiger partial charge < -0.3 is 0 Å². The van der Waals surface area contributed by atoms with Gasteiger partial charge in [-0.05, 0) is 40.8 Å². The Balaban J connectivity index is 2.48. The van der Waals surface area contributed by atoms with E-state index in [4.69, 9.17) is 0 Å². The number of halogens is 1. The molecule has 0 amide bonds. The molecule has 0 fully saturated rings. The normalized spacial score (nSPS) is 9.94. The highest BCUT2D eigenvalue weighted by Gasteiger charge is 2.12. The summed E-state index contributed by atoms with van der Waals surface area (Å²) in [6.07, 6.45) is 0.721. The van der Waals surface area contributed by atoms with E-state index in [2.05, 4.69) is 22.6 Å². The Hall–Kier alpha value is -1.49. The molecule has 0 aliphatic rings. The van der Waals surface area contributed by atoms with E-state index < -0.39 is 0 Å². The minimum atomic E-state index is -0.121. The molecule has 0 atom stereocenters. The van der Waals surface area contributed by atoms with Crippen LogP contribution in [0.15, 0.2) is 48.5 Å². The van der Waals surface area contributed by atoms with E-state index in [-0.39, 0.29) is 5.78 Å². The van der Waals surface area contributed by atoms with Gasteiger partial charge in [0.15, 0.2) is 12.1 Å². The molecule has 0 radical (unpaired) electrons. The minimum Gasteiger partial charge on any atom is -0.298 e. The summed E-state index contributed by atoms with van der Waals surface area (Å²) in [5, 5.41) is 0. The summed E-state index contributed by atoms with van der Waals surface area (Å²) in [6.45, 7) is 0. The van der Waals surface area contributed by atoms with E-state index in [9.17, 15) is 9.59 Å². The molecule has 2 nitrogen and oxygen atoms in total. The lowest BCUT2D eigenvalue weighted by Gasteiger charge is -2.04. The Labute approximate surface area is 113 Å². The molecule has 0 aliphatic heterocycles.